The van der Waals surface area contributed by atoms with Crippen molar-refractivity contribution in [1.82, 2.24) is 9.78 Å². The lowest BCUT2D eigenvalue weighted by atomic mass is 10.3. The van der Waals surface area contributed by atoms with E-state index in [1.54, 1.807) is 20.9 Å². The molecule has 7 nitrogen and oxygen atoms in total. The van der Waals surface area contributed by atoms with Gasteiger partial charge < -0.3 is 5.11 Å². The lowest BCUT2D eigenvalue weighted by Gasteiger charge is -2.05. The number of aliphatic carboxylic acids is 1. The summed E-state index contributed by atoms with van der Waals surface area (Å²) in [5.74, 6) is -2.35. The monoisotopic (exact) mass is 247 g/mol. The van der Waals surface area contributed by atoms with E-state index in [4.69, 9.17) is 5.11 Å². The molecule has 0 saturated heterocycles. The van der Waals surface area contributed by atoms with Gasteiger partial charge in [-0.25, -0.2) is 8.42 Å². The summed E-state index contributed by atoms with van der Waals surface area (Å²) in [7, 11) is -2.19. The zero-order chi connectivity index (χ0) is 12.5. The Kier molecular flexibility index (Phi) is 3.22. The number of carbonyl (C=O) groups is 1. The minimum absolute atomic E-state index is 0.337. The van der Waals surface area contributed by atoms with Crippen LogP contribution in [0.4, 0.5) is 5.69 Å². The van der Waals surface area contributed by atoms with Crippen molar-refractivity contribution in [3.8, 4) is 0 Å². The quantitative estimate of drug-likeness (QED) is 0.771. The molecule has 1 rings (SSSR count). The Hall–Kier alpha value is -1.57. The second-order valence-corrected chi connectivity index (χ2v) is 5.15. The van der Waals surface area contributed by atoms with Crippen molar-refractivity contribution in [2.45, 2.75) is 13.8 Å². The summed E-state index contributed by atoms with van der Waals surface area (Å²) in [6.45, 7) is 3.34. The van der Waals surface area contributed by atoms with Crippen LogP contribution >= 0.6 is 0 Å². The van der Waals surface area contributed by atoms with Gasteiger partial charge in [-0.1, -0.05) is 0 Å². The Morgan fingerprint density at radius 2 is 2.06 bits per heavy atom. The molecule has 90 valence electrons. The summed E-state index contributed by atoms with van der Waals surface area (Å²) < 4.78 is 26.5. The van der Waals surface area contributed by atoms with Gasteiger partial charge in [-0.2, -0.15) is 5.10 Å². The summed E-state index contributed by atoms with van der Waals surface area (Å²) in [5.41, 5.74) is 1.48. The lowest BCUT2D eigenvalue weighted by Crippen LogP contribution is -2.23. The topological polar surface area (TPSA) is 101 Å². The molecule has 0 aliphatic heterocycles. The molecule has 0 fully saturated rings. The van der Waals surface area contributed by atoms with Crippen molar-refractivity contribution in [2.75, 3.05) is 10.5 Å². The minimum Gasteiger partial charge on any atom is -0.480 e. The molecule has 0 aliphatic rings. The maximum atomic E-state index is 11.4. The van der Waals surface area contributed by atoms with Gasteiger partial charge in [0.25, 0.3) is 0 Å². The lowest BCUT2D eigenvalue weighted by molar-refractivity contribution is -0.134. The number of nitrogens with one attached hydrogen (secondary N) is 1. The van der Waals surface area contributed by atoms with Gasteiger partial charge in [-0.05, 0) is 13.8 Å². The first-order valence-electron chi connectivity index (χ1n) is 4.45. The van der Waals surface area contributed by atoms with Gasteiger partial charge in [0.1, 0.15) is 0 Å². The van der Waals surface area contributed by atoms with E-state index in [1.807, 2.05) is 0 Å². The molecule has 1 heterocycles. The van der Waals surface area contributed by atoms with Crippen LogP contribution in [0.5, 0.6) is 0 Å². The predicted molar refractivity (Wildman–Crippen MR) is 57.7 cm³/mol. The van der Waals surface area contributed by atoms with Gasteiger partial charge in [-0.15, -0.1) is 0 Å². The molecule has 0 atom stereocenters. The third kappa shape index (κ3) is 2.72. The highest BCUT2D eigenvalue weighted by Crippen LogP contribution is 2.19. The molecule has 8 heteroatoms. The average molecular weight is 247 g/mol. The highest BCUT2D eigenvalue weighted by molar-refractivity contribution is 7.93. The number of aromatic nitrogens is 2. The first kappa shape index (κ1) is 12.5. The van der Waals surface area contributed by atoms with E-state index in [0.717, 1.165) is 0 Å². The van der Waals surface area contributed by atoms with Crippen molar-refractivity contribution in [1.29, 1.82) is 0 Å². The molecule has 0 unspecified atom stereocenters. The van der Waals surface area contributed by atoms with Gasteiger partial charge in [0.15, 0.2) is 5.75 Å². The first-order chi connectivity index (χ1) is 7.23. The highest BCUT2D eigenvalue weighted by atomic mass is 32.2. The molecule has 0 bridgehead atoms. The largest absolute Gasteiger partial charge is 0.480 e. The summed E-state index contributed by atoms with van der Waals surface area (Å²) in [4.78, 5) is 10.3. The third-order valence-electron chi connectivity index (χ3n) is 2.08. The van der Waals surface area contributed by atoms with Gasteiger partial charge in [0.05, 0.1) is 17.1 Å². The Balaban J connectivity index is 3.01. The van der Waals surface area contributed by atoms with Crippen LogP contribution < -0.4 is 4.72 Å². The van der Waals surface area contributed by atoms with E-state index in [0.29, 0.717) is 17.1 Å². The fourth-order valence-electron chi connectivity index (χ4n) is 1.28. The molecule has 0 aromatic carbocycles. The van der Waals surface area contributed by atoms with Gasteiger partial charge in [-0.3, -0.25) is 14.2 Å². The SMILES string of the molecule is Cc1nn(C)c(C)c1NS(=O)(=O)CC(=O)O. The van der Waals surface area contributed by atoms with Gasteiger partial charge in [0.2, 0.25) is 10.0 Å². The molecule has 16 heavy (non-hydrogen) atoms. The van der Waals surface area contributed by atoms with Crippen molar-refractivity contribution in [2.24, 2.45) is 7.05 Å². The molecule has 1 aromatic rings. The maximum Gasteiger partial charge on any atom is 0.320 e. The molecule has 1 aromatic heterocycles. The van der Waals surface area contributed by atoms with Crippen molar-refractivity contribution in [3.63, 3.8) is 0 Å². The van der Waals surface area contributed by atoms with E-state index >= 15 is 0 Å². The zero-order valence-corrected chi connectivity index (χ0v) is 10.00. The third-order valence-corrected chi connectivity index (χ3v) is 3.22. The van der Waals surface area contributed by atoms with Crippen LogP contribution in [0.1, 0.15) is 11.4 Å². The van der Waals surface area contributed by atoms with E-state index in [9.17, 15) is 13.2 Å². The van der Waals surface area contributed by atoms with Crippen molar-refractivity contribution >= 4 is 21.7 Å². The molecule has 0 aliphatic carbocycles. The molecular formula is C8H13N3O4S. The summed E-state index contributed by atoms with van der Waals surface area (Å²) in [6, 6.07) is 0. The van der Waals surface area contributed by atoms with Crippen LogP contribution in [0.2, 0.25) is 0 Å². The molecular weight excluding hydrogens is 234 g/mol. The molecule has 2 N–H and O–H groups in total. The van der Waals surface area contributed by atoms with Crippen LogP contribution in [0.3, 0.4) is 0 Å². The molecule has 0 radical (unpaired) electrons. The average Bonchev–Trinajstić information content (AvgIpc) is 2.29. The van der Waals surface area contributed by atoms with Crippen LogP contribution in [-0.2, 0) is 21.9 Å². The Morgan fingerprint density at radius 3 is 2.44 bits per heavy atom. The minimum atomic E-state index is -3.87. The van der Waals surface area contributed by atoms with Crippen LogP contribution in [0, 0.1) is 13.8 Å². The number of aryl methyl sites for hydroxylation is 2. The Morgan fingerprint density at radius 1 is 1.50 bits per heavy atom. The first-order valence-corrected chi connectivity index (χ1v) is 6.10. The van der Waals surface area contributed by atoms with E-state index in [2.05, 4.69) is 9.82 Å². The van der Waals surface area contributed by atoms with Crippen molar-refractivity contribution < 1.29 is 18.3 Å². The zero-order valence-electron chi connectivity index (χ0n) is 9.18. The molecule has 0 spiro atoms. The number of sulfonamides is 1. The molecule has 0 amide bonds. The van der Waals surface area contributed by atoms with E-state index in [1.165, 1.54) is 4.68 Å². The van der Waals surface area contributed by atoms with Crippen LogP contribution in [0.25, 0.3) is 0 Å². The normalized spacial score (nSPS) is 11.4. The number of carboxylic acid groups (broad SMARTS) is 1. The summed E-state index contributed by atoms with van der Waals surface area (Å²) in [6.07, 6.45) is 0. The number of rotatable bonds is 4. The smallest absolute Gasteiger partial charge is 0.320 e. The molecule has 0 saturated carbocycles. The number of hydrogen-bond acceptors (Lipinski definition) is 4. The standard InChI is InChI=1S/C8H13N3O4S/c1-5-8(6(2)11(3)9-5)10-16(14,15)4-7(12)13/h10H,4H2,1-3H3,(H,12,13). The Bertz CT molecular complexity index is 518. The predicted octanol–water partition coefficient (Wildman–Crippen LogP) is -0.137. The number of anilines is 1. The fraction of sp³-hybridized carbons (Fsp3) is 0.500. The van der Waals surface area contributed by atoms with Crippen LogP contribution in [-0.4, -0.2) is 35.0 Å². The maximum absolute atomic E-state index is 11.4. The number of nitrogens with zero attached hydrogens (tertiary/aromatic N) is 2. The van der Waals surface area contributed by atoms with Gasteiger partial charge in [0, 0.05) is 7.05 Å². The number of hydrogen-bond donors (Lipinski definition) is 2. The fourth-order valence-corrected chi connectivity index (χ4v) is 2.28. The van der Waals surface area contributed by atoms with E-state index < -0.39 is 21.7 Å². The summed E-state index contributed by atoms with van der Waals surface area (Å²) >= 11 is 0. The second kappa shape index (κ2) is 4.12. The number of carboxylic acids is 1. The Labute approximate surface area is 93.1 Å². The van der Waals surface area contributed by atoms with Crippen LogP contribution in [0.15, 0.2) is 0 Å². The van der Waals surface area contributed by atoms with Gasteiger partial charge >= 0.3 is 5.97 Å². The second-order valence-electron chi connectivity index (χ2n) is 3.42. The summed E-state index contributed by atoms with van der Waals surface area (Å²) in [5, 5.41) is 12.4. The van der Waals surface area contributed by atoms with E-state index in [-0.39, 0.29) is 0 Å². The highest BCUT2D eigenvalue weighted by Gasteiger charge is 2.19. The van der Waals surface area contributed by atoms with Crippen molar-refractivity contribution in [3.05, 3.63) is 11.4 Å².